The van der Waals surface area contributed by atoms with E-state index >= 15 is 0 Å². The molecule has 0 unspecified atom stereocenters. The van der Waals surface area contributed by atoms with Gasteiger partial charge in [0.25, 0.3) is 0 Å². The first-order chi connectivity index (χ1) is 8.47. The van der Waals surface area contributed by atoms with Gasteiger partial charge in [0.05, 0.1) is 10.6 Å². The van der Waals surface area contributed by atoms with E-state index in [-0.39, 0.29) is 11.5 Å². The first kappa shape index (κ1) is 12.2. The highest BCUT2D eigenvalue weighted by Gasteiger charge is 2.13. The summed E-state index contributed by atoms with van der Waals surface area (Å²) in [7, 11) is 0. The van der Waals surface area contributed by atoms with Crippen LogP contribution in [-0.4, -0.2) is 14.9 Å². The number of hydrogen-bond acceptors (Lipinski definition) is 7. The van der Waals surface area contributed by atoms with Crippen LogP contribution in [0.2, 0.25) is 0 Å². The number of pyridine rings is 1. The zero-order valence-electron chi connectivity index (χ0n) is 9.80. The lowest BCUT2D eigenvalue weighted by atomic mass is 10.4. The highest BCUT2D eigenvalue weighted by atomic mass is 32.1. The Kier molecular flexibility index (Phi) is 3.11. The van der Waals surface area contributed by atoms with Crippen LogP contribution in [0.5, 0.6) is 0 Å². The highest BCUT2D eigenvalue weighted by molar-refractivity contribution is 7.15. The molecular formula is C10H11N5O2S. The number of nitrogens with two attached hydrogens (primary N) is 1. The molecule has 0 saturated carbocycles. The Labute approximate surface area is 107 Å². The van der Waals surface area contributed by atoms with Crippen molar-refractivity contribution in [3.63, 3.8) is 0 Å². The predicted molar refractivity (Wildman–Crippen MR) is 70.2 cm³/mol. The van der Waals surface area contributed by atoms with E-state index in [0.717, 1.165) is 10.6 Å². The standard InChI is InChI=1S/C10H11N5O2S/c1-5-6(2)18-10(12-5)14-8-4-3-7(15(16)17)9(11)13-8/h3-4H,1-2H3,(H3,11,12,13,14). The third kappa shape index (κ3) is 2.38. The van der Waals surface area contributed by atoms with Crippen LogP contribution in [0.1, 0.15) is 10.6 Å². The monoisotopic (exact) mass is 265 g/mol. The average Bonchev–Trinajstić information content (AvgIpc) is 2.57. The summed E-state index contributed by atoms with van der Waals surface area (Å²) in [5.41, 5.74) is 6.24. The van der Waals surface area contributed by atoms with Gasteiger partial charge in [0.2, 0.25) is 5.82 Å². The first-order valence-electron chi connectivity index (χ1n) is 5.09. The molecule has 0 aliphatic carbocycles. The largest absolute Gasteiger partial charge is 0.378 e. The van der Waals surface area contributed by atoms with E-state index in [1.54, 1.807) is 0 Å². The Bertz CT molecular complexity index is 591. The van der Waals surface area contributed by atoms with Gasteiger partial charge < -0.3 is 11.1 Å². The van der Waals surface area contributed by atoms with Gasteiger partial charge in [0, 0.05) is 10.9 Å². The summed E-state index contributed by atoms with van der Waals surface area (Å²) in [4.78, 5) is 19.3. The van der Waals surface area contributed by atoms with Crippen molar-refractivity contribution in [3.05, 3.63) is 32.8 Å². The molecule has 0 saturated heterocycles. The molecule has 2 heterocycles. The van der Waals surface area contributed by atoms with Crippen molar-refractivity contribution in [1.29, 1.82) is 0 Å². The lowest BCUT2D eigenvalue weighted by Crippen LogP contribution is -2.01. The van der Waals surface area contributed by atoms with Gasteiger partial charge in [0.1, 0.15) is 5.82 Å². The van der Waals surface area contributed by atoms with Crippen LogP contribution in [0.15, 0.2) is 12.1 Å². The van der Waals surface area contributed by atoms with Gasteiger partial charge in [-0.2, -0.15) is 0 Å². The Morgan fingerprint density at radius 2 is 2.11 bits per heavy atom. The Morgan fingerprint density at radius 3 is 2.61 bits per heavy atom. The van der Waals surface area contributed by atoms with E-state index in [4.69, 9.17) is 5.73 Å². The first-order valence-corrected chi connectivity index (χ1v) is 5.91. The Hall–Kier alpha value is -2.22. The minimum atomic E-state index is -0.566. The molecule has 94 valence electrons. The van der Waals surface area contributed by atoms with E-state index in [0.29, 0.717) is 10.9 Å². The molecular weight excluding hydrogens is 254 g/mol. The third-order valence-electron chi connectivity index (χ3n) is 2.36. The van der Waals surface area contributed by atoms with E-state index < -0.39 is 4.92 Å². The van der Waals surface area contributed by atoms with Gasteiger partial charge >= 0.3 is 5.69 Å². The predicted octanol–water partition coefficient (Wildman–Crippen LogP) is 2.39. The molecule has 7 nitrogen and oxygen atoms in total. The molecule has 8 heteroatoms. The second kappa shape index (κ2) is 4.57. The maximum atomic E-state index is 10.6. The molecule has 2 aromatic rings. The molecule has 0 aromatic carbocycles. The molecule has 2 aromatic heterocycles. The molecule has 0 spiro atoms. The molecule has 0 atom stereocenters. The lowest BCUT2D eigenvalue weighted by molar-refractivity contribution is -0.384. The number of hydrogen-bond donors (Lipinski definition) is 2. The quantitative estimate of drug-likeness (QED) is 0.651. The Balaban J connectivity index is 2.25. The number of nitro groups is 1. The van der Waals surface area contributed by atoms with E-state index in [9.17, 15) is 10.1 Å². The number of thiazole rings is 1. The zero-order chi connectivity index (χ0) is 13.3. The second-order valence-corrected chi connectivity index (χ2v) is 4.85. The minimum absolute atomic E-state index is 0.116. The molecule has 0 aliphatic heterocycles. The van der Waals surface area contributed by atoms with Crippen molar-refractivity contribution >= 4 is 33.8 Å². The van der Waals surface area contributed by atoms with E-state index in [1.807, 2.05) is 13.8 Å². The molecule has 18 heavy (non-hydrogen) atoms. The fourth-order valence-electron chi connectivity index (χ4n) is 1.33. The van der Waals surface area contributed by atoms with E-state index in [1.165, 1.54) is 23.5 Å². The molecule has 0 amide bonds. The summed E-state index contributed by atoms with van der Waals surface area (Å²) in [5, 5.41) is 14.2. The Morgan fingerprint density at radius 1 is 1.39 bits per heavy atom. The summed E-state index contributed by atoms with van der Waals surface area (Å²) < 4.78 is 0. The zero-order valence-corrected chi connectivity index (χ0v) is 10.6. The molecule has 0 fully saturated rings. The van der Waals surface area contributed by atoms with E-state index in [2.05, 4.69) is 15.3 Å². The van der Waals surface area contributed by atoms with Gasteiger partial charge in [-0.1, -0.05) is 0 Å². The van der Waals surface area contributed by atoms with Gasteiger partial charge in [-0.05, 0) is 19.9 Å². The van der Waals surface area contributed by atoms with Gasteiger partial charge in [-0.15, -0.1) is 11.3 Å². The van der Waals surface area contributed by atoms with Gasteiger partial charge in [-0.3, -0.25) is 10.1 Å². The number of aromatic nitrogens is 2. The highest BCUT2D eigenvalue weighted by Crippen LogP contribution is 2.26. The van der Waals surface area contributed by atoms with Crippen LogP contribution < -0.4 is 11.1 Å². The summed E-state index contributed by atoms with van der Waals surface area (Å²) in [6, 6.07) is 2.82. The van der Waals surface area contributed by atoms with Crippen LogP contribution in [0.4, 0.5) is 22.5 Å². The van der Waals surface area contributed by atoms with Gasteiger partial charge in [-0.25, -0.2) is 9.97 Å². The molecule has 3 N–H and O–H groups in total. The van der Waals surface area contributed by atoms with Crippen LogP contribution in [0.3, 0.4) is 0 Å². The maximum absolute atomic E-state index is 10.6. The summed E-state index contributed by atoms with van der Waals surface area (Å²) >= 11 is 1.49. The second-order valence-electron chi connectivity index (χ2n) is 3.64. The number of anilines is 3. The third-order valence-corrected chi connectivity index (χ3v) is 3.35. The SMILES string of the molecule is Cc1nc(Nc2ccc([N+](=O)[O-])c(N)n2)sc1C. The lowest BCUT2D eigenvalue weighted by Gasteiger charge is -2.02. The fourth-order valence-corrected chi connectivity index (χ4v) is 2.15. The van der Waals surface area contributed by atoms with Crippen molar-refractivity contribution in [3.8, 4) is 0 Å². The summed E-state index contributed by atoms with van der Waals surface area (Å²) in [6.45, 7) is 3.88. The van der Waals surface area contributed by atoms with Crippen molar-refractivity contribution in [2.45, 2.75) is 13.8 Å². The van der Waals surface area contributed by atoms with Crippen LogP contribution in [0.25, 0.3) is 0 Å². The number of nitrogens with one attached hydrogen (secondary N) is 1. The van der Waals surface area contributed by atoms with Crippen LogP contribution in [-0.2, 0) is 0 Å². The van der Waals surface area contributed by atoms with Crippen molar-refractivity contribution in [2.24, 2.45) is 0 Å². The van der Waals surface area contributed by atoms with Crippen LogP contribution in [0, 0.1) is 24.0 Å². The average molecular weight is 265 g/mol. The molecule has 0 radical (unpaired) electrons. The molecule has 0 aliphatic rings. The van der Waals surface area contributed by atoms with Crippen molar-refractivity contribution in [1.82, 2.24) is 9.97 Å². The van der Waals surface area contributed by atoms with Crippen molar-refractivity contribution in [2.75, 3.05) is 11.1 Å². The normalized spacial score (nSPS) is 10.3. The number of rotatable bonds is 3. The molecule has 2 rings (SSSR count). The van der Waals surface area contributed by atoms with Gasteiger partial charge in [0.15, 0.2) is 5.13 Å². The smallest absolute Gasteiger partial charge is 0.311 e. The number of nitrogens with zero attached hydrogens (tertiary/aromatic N) is 3. The minimum Gasteiger partial charge on any atom is -0.378 e. The molecule has 0 bridgehead atoms. The maximum Gasteiger partial charge on any atom is 0.311 e. The van der Waals surface area contributed by atoms with Crippen LogP contribution >= 0.6 is 11.3 Å². The number of aryl methyl sites for hydroxylation is 2. The summed E-state index contributed by atoms with van der Waals surface area (Å²) in [6.07, 6.45) is 0. The van der Waals surface area contributed by atoms with Crippen molar-refractivity contribution < 1.29 is 4.92 Å². The topological polar surface area (TPSA) is 107 Å². The summed E-state index contributed by atoms with van der Waals surface area (Å²) in [5.74, 6) is 0.321. The fraction of sp³-hybridized carbons (Fsp3) is 0.200. The number of nitrogen functional groups attached to an aromatic ring is 1.